The number of nitrogens with zero attached hydrogens (tertiary/aromatic N) is 1. The number of methoxy groups -OCH3 is 1. The lowest BCUT2D eigenvalue weighted by Gasteiger charge is -2.14. The molecule has 0 fully saturated rings. The second-order valence-electron chi connectivity index (χ2n) is 5.91. The zero-order valence-corrected chi connectivity index (χ0v) is 14.7. The molecule has 1 atom stereocenters. The third-order valence-corrected chi connectivity index (χ3v) is 4.00. The number of alkyl halides is 3. The van der Waals surface area contributed by atoms with Crippen LogP contribution in [0.15, 0.2) is 53.5 Å². The normalized spacial score (nSPS) is 13.3. The van der Waals surface area contributed by atoms with Gasteiger partial charge in [-0.3, -0.25) is 4.99 Å². The van der Waals surface area contributed by atoms with E-state index in [-0.39, 0.29) is 11.9 Å². The molecule has 0 radical (unpaired) electrons. The van der Waals surface area contributed by atoms with Gasteiger partial charge >= 0.3 is 6.18 Å². The molecule has 2 rings (SSSR count). The van der Waals surface area contributed by atoms with Crippen molar-refractivity contribution in [1.29, 1.82) is 0 Å². The van der Waals surface area contributed by atoms with Crippen molar-refractivity contribution in [2.45, 2.75) is 25.4 Å². The maximum absolute atomic E-state index is 12.8. The van der Waals surface area contributed by atoms with Crippen molar-refractivity contribution in [3.8, 4) is 5.75 Å². The Kier molecular flexibility index (Phi) is 6.49. The zero-order chi connectivity index (χ0) is 19.2. The number of guanidine groups is 1. The molecule has 0 aliphatic carbocycles. The van der Waals surface area contributed by atoms with Gasteiger partial charge in [0.2, 0.25) is 0 Å². The monoisotopic (exact) mass is 365 g/mol. The average molecular weight is 365 g/mol. The van der Waals surface area contributed by atoms with E-state index in [0.29, 0.717) is 30.0 Å². The number of rotatable bonds is 6. The first-order chi connectivity index (χ1) is 12.3. The Bertz CT molecular complexity index is 760. The number of ether oxygens (including phenoxy) is 1. The largest absolute Gasteiger partial charge is 0.495 e. The van der Waals surface area contributed by atoms with Gasteiger partial charge in [0, 0.05) is 6.54 Å². The summed E-state index contributed by atoms with van der Waals surface area (Å²) in [4.78, 5) is 4.24. The Hall–Kier alpha value is -2.70. The third-order valence-electron chi connectivity index (χ3n) is 4.00. The zero-order valence-electron chi connectivity index (χ0n) is 14.7. The molecule has 3 N–H and O–H groups in total. The number of benzene rings is 2. The van der Waals surface area contributed by atoms with Gasteiger partial charge in [0.15, 0.2) is 5.96 Å². The molecular weight excluding hydrogens is 343 g/mol. The van der Waals surface area contributed by atoms with Crippen molar-refractivity contribution in [2.75, 3.05) is 19.0 Å². The standard InChI is InChI=1S/C19H22F3N3O/c1-13(14-6-5-7-15(12-14)19(20,21)22)10-11-24-18(23)25-16-8-3-4-9-17(16)26-2/h3-9,12-13H,10-11H2,1-2H3,(H3,23,24,25). The Labute approximate surface area is 150 Å². The maximum Gasteiger partial charge on any atom is 0.416 e. The molecule has 0 spiro atoms. The highest BCUT2D eigenvalue weighted by Gasteiger charge is 2.30. The van der Waals surface area contributed by atoms with Crippen LogP contribution in [0.1, 0.15) is 30.4 Å². The Morgan fingerprint density at radius 3 is 2.62 bits per heavy atom. The van der Waals surface area contributed by atoms with Gasteiger partial charge < -0.3 is 15.8 Å². The lowest BCUT2D eigenvalue weighted by molar-refractivity contribution is -0.137. The quantitative estimate of drug-likeness (QED) is 0.579. The van der Waals surface area contributed by atoms with E-state index >= 15 is 0 Å². The molecule has 0 bridgehead atoms. The minimum atomic E-state index is -4.34. The van der Waals surface area contributed by atoms with Crippen LogP contribution >= 0.6 is 0 Å². The smallest absolute Gasteiger partial charge is 0.416 e. The molecule has 4 nitrogen and oxygen atoms in total. The van der Waals surface area contributed by atoms with Crippen LogP contribution in [0.2, 0.25) is 0 Å². The number of hydrogen-bond donors (Lipinski definition) is 2. The summed E-state index contributed by atoms with van der Waals surface area (Å²) in [5, 5.41) is 2.96. The molecule has 0 saturated heterocycles. The molecule has 0 aromatic heterocycles. The fourth-order valence-corrected chi connectivity index (χ4v) is 2.49. The van der Waals surface area contributed by atoms with Gasteiger partial charge in [0.25, 0.3) is 0 Å². The van der Waals surface area contributed by atoms with Crippen LogP contribution < -0.4 is 15.8 Å². The highest BCUT2D eigenvalue weighted by Crippen LogP contribution is 2.31. The van der Waals surface area contributed by atoms with Gasteiger partial charge in [-0.25, -0.2) is 0 Å². The molecule has 0 aliphatic heterocycles. The van der Waals surface area contributed by atoms with Gasteiger partial charge in [0.05, 0.1) is 18.4 Å². The highest BCUT2D eigenvalue weighted by atomic mass is 19.4. The average Bonchev–Trinajstić information content (AvgIpc) is 2.61. The van der Waals surface area contributed by atoms with E-state index in [2.05, 4.69) is 10.3 Å². The summed E-state index contributed by atoms with van der Waals surface area (Å²) in [5.74, 6) is 0.800. The first kappa shape index (κ1) is 19.6. The maximum atomic E-state index is 12.8. The fraction of sp³-hybridized carbons (Fsp3) is 0.316. The fourth-order valence-electron chi connectivity index (χ4n) is 2.49. The second kappa shape index (κ2) is 8.60. The van der Waals surface area contributed by atoms with Crippen LogP contribution in [0, 0.1) is 0 Å². The number of halogens is 3. The minimum absolute atomic E-state index is 0.0693. The van der Waals surface area contributed by atoms with E-state index in [9.17, 15) is 13.2 Å². The van der Waals surface area contributed by atoms with Gasteiger partial charge in [-0.1, -0.05) is 37.3 Å². The number of anilines is 1. The molecule has 1 unspecified atom stereocenters. The molecule has 2 aromatic carbocycles. The SMILES string of the molecule is COc1ccccc1NC(N)=NCCC(C)c1cccc(C(F)(F)F)c1. The van der Waals surface area contributed by atoms with E-state index in [1.807, 2.05) is 25.1 Å². The van der Waals surface area contributed by atoms with Gasteiger partial charge in [-0.2, -0.15) is 13.2 Å². The molecule has 0 aliphatic rings. The number of nitrogens with one attached hydrogen (secondary N) is 1. The predicted molar refractivity (Wildman–Crippen MR) is 97.6 cm³/mol. The molecule has 140 valence electrons. The van der Waals surface area contributed by atoms with Crippen LogP contribution in [0.4, 0.5) is 18.9 Å². The summed E-state index contributed by atoms with van der Waals surface area (Å²) in [6.07, 6.45) is -3.76. The minimum Gasteiger partial charge on any atom is -0.495 e. The van der Waals surface area contributed by atoms with Gasteiger partial charge in [-0.05, 0) is 36.1 Å². The van der Waals surface area contributed by atoms with Crippen molar-refractivity contribution < 1.29 is 17.9 Å². The summed E-state index contributed by atoms with van der Waals surface area (Å²) < 4.78 is 43.6. The molecule has 26 heavy (non-hydrogen) atoms. The van der Waals surface area contributed by atoms with Crippen LogP contribution in [-0.2, 0) is 6.18 Å². The van der Waals surface area contributed by atoms with E-state index in [0.717, 1.165) is 6.07 Å². The van der Waals surface area contributed by atoms with Gasteiger partial charge in [0.1, 0.15) is 5.75 Å². The highest BCUT2D eigenvalue weighted by molar-refractivity contribution is 5.93. The molecule has 0 heterocycles. The third kappa shape index (κ3) is 5.40. The number of aliphatic imine (C=N–C) groups is 1. The van der Waals surface area contributed by atoms with Gasteiger partial charge in [-0.15, -0.1) is 0 Å². The van der Waals surface area contributed by atoms with E-state index in [4.69, 9.17) is 10.5 Å². The van der Waals surface area contributed by atoms with Crippen LogP contribution in [0.5, 0.6) is 5.75 Å². The Morgan fingerprint density at radius 2 is 1.92 bits per heavy atom. The lowest BCUT2D eigenvalue weighted by atomic mass is 9.96. The summed E-state index contributed by atoms with van der Waals surface area (Å²) >= 11 is 0. The van der Waals surface area contributed by atoms with Crippen molar-refractivity contribution in [3.63, 3.8) is 0 Å². The van der Waals surface area contributed by atoms with Crippen molar-refractivity contribution >= 4 is 11.6 Å². The molecular formula is C19H22F3N3O. The Balaban J connectivity index is 1.95. The topological polar surface area (TPSA) is 59.6 Å². The predicted octanol–water partition coefficient (Wildman–Crippen LogP) is 4.63. The van der Waals surface area contributed by atoms with Crippen LogP contribution in [-0.4, -0.2) is 19.6 Å². The molecule has 0 saturated carbocycles. The summed E-state index contributed by atoms with van der Waals surface area (Å²) in [7, 11) is 1.56. The van der Waals surface area contributed by atoms with Crippen LogP contribution in [0.25, 0.3) is 0 Å². The van der Waals surface area contributed by atoms with Crippen molar-refractivity contribution in [2.24, 2.45) is 10.7 Å². The lowest BCUT2D eigenvalue weighted by Crippen LogP contribution is -2.23. The molecule has 7 heteroatoms. The van der Waals surface area contributed by atoms with Crippen molar-refractivity contribution in [3.05, 3.63) is 59.7 Å². The first-order valence-corrected chi connectivity index (χ1v) is 8.18. The number of para-hydroxylation sites is 2. The Morgan fingerprint density at radius 1 is 1.19 bits per heavy atom. The number of hydrogen-bond acceptors (Lipinski definition) is 2. The first-order valence-electron chi connectivity index (χ1n) is 8.18. The van der Waals surface area contributed by atoms with E-state index in [1.165, 1.54) is 12.1 Å². The molecule has 0 amide bonds. The van der Waals surface area contributed by atoms with E-state index < -0.39 is 11.7 Å². The van der Waals surface area contributed by atoms with Crippen molar-refractivity contribution in [1.82, 2.24) is 0 Å². The van der Waals surface area contributed by atoms with E-state index in [1.54, 1.807) is 19.2 Å². The summed E-state index contributed by atoms with van der Waals surface area (Å²) in [6.45, 7) is 2.26. The number of nitrogens with two attached hydrogens (primary N) is 1. The summed E-state index contributed by atoms with van der Waals surface area (Å²) in [6, 6.07) is 12.7. The second-order valence-corrected chi connectivity index (χ2v) is 5.91. The summed E-state index contributed by atoms with van der Waals surface area (Å²) in [5.41, 5.74) is 6.56. The van der Waals surface area contributed by atoms with Crippen LogP contribution in [0.3, 0.4) is 0 Å². The molecule has 2 aromatic rings.